The third kappa shape index (κ3) is 3.47. The molecule has 2 amide bonds. The predicted molar refractivity (Wildman–Crippen MR) is 87.4 cm³/mol. The summed E-state index contributed by atoms with van der Waals surface area (Å²) in [6, 6.07) is -0.209. The number of nitrogens with zero attached hydrogens (tertiary/aromatic N) is 3. The van der Waals surface area contributed by atoms with Crippen molar-refractivity contribution in [2.45, 2.75) is 46.6 Å². The van der Waals surface area contributed by atoms with Crippen molar-refractivity contribution in [1.82, 2.24) is 15.5 Å². The fourth-order valence-electron chi connectivity index (χ4n) is 2.08. The van der Waals surface area contributed by atoms with Crippen molar-refractivity contribution in [2.75, 3.05) is 11.9 Å². The fourth-order valence-corrected chi connectivity index (χ4v) is 2.98. The average Bonchev–Trinajstić information content (AvgIpc) is 3.02. The Balaban J connectivity index is 2.00. The number of carbonyl (C=O) groups excluding carboxylic acids is 1. The van der Waals surface area contributed by atoms with Crippen LogP contribution < -0.4 is 10.2 Å². The second-order valence-corrected chi connectivity index (χ2v) is 7.14. The quantitative estimate of drug-likeness (QED) is 0.940. The van der Waals surface area contributed by atoms with Crippen molar-refractivity contribution in [3.05, 3.63) is 27.5 Å². The first-order valence-corrected chi connectivity index (χ1v) is 7.97. The number of thiazole rings is 1. The van der Waals surface area contributed by atoms with Crippen LogP contribution in [0.4, 0.5) is 10.5 Å². The van der Waals surface area contributed by atoms with E-state index in [0.29, 0.717) is 23.7 Å². The van der Waals surface area contributed by atoms with Gasteiger partial charge < -0.3 is 9.84 Å². The molecule has 2 aromatic rings. The topological polar surface area (TPSA) is 71.3 Å². The minimum Gasteiger partial charge on any atom is -0.359 e. The predicted octanol–water partition coefficient (Wildman–Crippen LogP) is 3.39. The van der Waals surface area contributed by atoms with E-state index >= 15 is 0 Å². The number of amides is 2. The SMILES string of the molecule is Cc1noc(C)c1N(C)C(=O)NCc1csc(C(C)(C)C)n1. The Morgan fingerprint density at radius 1 is 1.41 bits per heavy atom. The van der Waals surface area contributed by atoms with Crippen LogP contribution in [0, 0.1) is 13.8 Å². The molecular formula is C15H22N4O2S. The smallest absolute Gasteiger partial charge is 0.322 e. The zero-order valence-electron chi connectivity index (χ0n) is 13.9. The van der Waals surface area contributed by atoms with E-state index in [1.54, 1.807) is 25.3 Å². The lowest BCUT2D eigenvalue weighted by Crippen LogP contribution is -2.37. The molecule has 0 unspecified atom stereocenters. The molecule has 0 bridgehead atoms. The molecule has 0 saturated heterocycles. The van der Waals surface area contributed by atoms with E-state index in [1.807, 2.05) is 12.3 Å². The van der Waals surface area contributed by atoms with Crippen molar-refractivity contribution in [1.29, 1.82) is 0 Å². The second kappa shape index (κ2) is 6.08. The lowest BCUT2D eigenvalue weighted by molar-refractivity contribution is 0.247. The highest BCUT2D eigenvalue weighted by Gasteiger charge is 2.20. The van der Waals surface area contributed by atoms with Gasteiger partial charge in [-0.1, -0.05) is 25.9 Å². The van der Waals surface area contributed by atoms with Crippen molar-refractivity contribution in [3.8, 4) is 0 Å². The minimum atomic E-state index is -0.209. The van der Waals surface area contributed by atoms with Crippen LogP contribution in [0.5, 0.6) is 0 Å². The van der Waals surface area contributed by atoms with Crippen LogP contribution in [-0.2, 0) is 12.0 Å². The summed E-state index contributed by atoms with van der Waals surface area (Å²) in [5.74, 6) is 0.624. The van der Waals surface area contributed by atoms with Crippen LogP contribution in [-0.4, -0.2) is 23.2 Å². The Labute approximate surface area is 134 Å². The van der Waals surface area contributed by atoms with Crippen LogP contribution in [0.25, 0.3) is 0 Å². The molecule has 0 atom stereocenters. The number of hydrogen-bond donors (Lipinski definition) is 1. The molecule has 22 heavy (non-hydrogen) atoms. The molecule has 0 fully saturated rings. The third-order valence-corrected chi connectivity index (χ3v) is 4.57. The van der Waals surface area contributed by atoms with Gasteiger partial charge in [0.15, 0.2) is 5.76 Å². The maximum Gasteiger partial charge on any atom is 0.322 e. The number of aryl methyl sites for hydroxylation is 2. The van der Waals surface area contributed by atoms with Crippen molar-refractivity contribution < 1.29 is 9.32 Å². The van der Waals surface area contributed by atoms with Crippen molar-refractivity contribution in [2.24, 2.45) is 0 Å². The molecule has 0 aliphatic carbocycles. The standard InChI is InChI=1S/C15H22N4O2S/c1-9-12(10(2)21-18-9)19(6)14(20)16-7-11-8-22-13(17-11)15(3,4)5/h8H,7H2,1-6H3,(H,16,20). The fraction of sp³-hybridized carbons (Fsp3) is 0.533. The molecule has 120 valence electrons. The Bertz CT molecular complexity index is 650. The second-order valence-electron chi connectivity index (χ2n) is 6.28. The summed E-state index contributed by atoms with van der Waals surface area (Å²) >= 11 is 1.62. The largest absolute Gasteiger partial charge is 0.359 e. The summed E-state index contributed by atoms with van der Waals surface area (Å²) in [6.07, 6.45) is 0. The van der Waals surface area contributed by atoms with Crippen LogP contribution in [0.15, 0.2) is 9.90 Å². The molecule has 0 aliphatic heterocycles. The molecular weight excluding hydrogens is 300 g/mol. The molecule has 2 aromatic heterocycles. The van der Waals surface area contributed by atoms with Gasteiger partial charge in [-0.15, -0.1) is 11.3 Å². The van der Waals surface area contributed by atoms with E-state index in [2.05, 4.69) is 36.2 Å². The average molecular weight is 322 g/mol. The van der Waals surface area contributed by atoms with E-state index in [1.165, 1.54) is 4.90 Å². The Morgan fingerprint density at radius 2 is 2.09 bits per heavy atom. The number of hydrogen-bond acceptors (Lipinski definition) is 5. The molecule has 0 spiro atoms. The van der Waals surface area contributed by atoms with Gasteiger partial charge in [0.1, 0.15) is 11.4 Å². The maximum absolute atomic E-state index is 12.2. The highest BCUT2D eigenvalue weighted by atomic mass is 32.1. The molecule has 0 saturated carbocycles. The van der Waals surface area contributed by atoms with Gasteiger partial charge in [-0.05, 0) is 13.8 Å². The summed E-state index contributed by atoms with van der Waals surface area (Å²) < 4.78 is 5.09. The van der Waals surface area contributed by atoms with Crippen molar-refractivity contribution >= 4 is 23.1 Å². The van der Waals surface area contributed by atoms with Gasteiger partial charge in [-0.2, -0.15) is 0 Å². The Kier molecular flexibility index (Phi) is 4.55. The van der Waals surface area contributed by atoms with E-state index < -0.39 is 0 Å². The number of aromatic nitrogens is 2. The first-order valence-electron chi connectivity index (χ1n) is 7.09. The highest BCUT2D eigenvalue weighted by molar-refractivity contribution is 7.09. The molecule has 0 aromatic carbocycles. The molecule has 7 heteroatoms. The number of anilines is 1. The van der Waals surface area contributed by atoms with Gasteiger partial charge in [0.05, 0.1) is 17.2 Å². The number of urea groups is 1. The van der Waals surface area contributed by atoms with Crippen molar-refractivity contribution in [3.63, 3.8) is 0 Å². The highest BCUT2D eigenvalue weighted by Crippen LogP contribution is 2.26. The van der Waals surface area contributed by atoms with E-state index in [-0.39, 0.29) is 11.4 Å². The zero-order chi connectivity index (χ0) is 16.5. The monoisotopic (exact) mass is 322 g/mol. The molecule has 6 nitrogen and oxygen atoms in total. The summed E-state index contributed by atoms with van der Waals surface area (Å²) in [5, 5.41) is 9.78. The Hall–Kier alpha value is -1.89. The van der Waals surface area contributed by atoms with Crippen LogP contribution in [0.3, 0.4) is 0 Å². The van der Waals surface area contributed by atoms with Crippen LogP contribution in [0.1, 0.15) is 42.9 Å². The molecule has 0 aliphatic rings. The molecule has 2 rings (SSSR count). The van der Waals surface area contributed by atoms with E-state index in [4.69, 9.17) is 4.52 Å². The number of carbonyl (C=O) groups is 1. The first-order chi connectivity index (χ1) is 10.2. The zero-order valence-corrected chi connectivity index (χ0v) is 14.7. The van der Waals surface area contributed by atoms with Gasteiger partial charge in [0.2, 0.25) is 0 Å². The van der Waals surface area contributed by atoms with Crippen LogP contribution >= 0.6 is 11.3 Å². The van der Waals surface area contributed by atoms with Gasteiger partial charge >= 0.3 is 6.03 Å². The van der Waals surface area contributed by atoms with E-state index in [9.17, 15) is 4.79 Å². The summed E-state index contributed by atoms with van der Waals surface area (Å²) in [7, 11) is 1.70. The van der Waals surface area contributed by atoms with Gasteiger partial charge in [-0.3, -0.25) is 4.90 Å². The molecule has 0 radical (unpaired) electrons. The maximum atomic E-state index is 12.2. The van der Waals surface area contributed by atoms with Gasteiger partial charge in [0.25, 0.3) is 0 Å². The molecule has 2 heterocycles. The van der Waals surface area contributed by atoms with Gasteiger partial charge in [-0.25, -0.2) is 9.78 Å². The lowest BCUT2D eigenvalue weighted by Gasteiger charge is -2.17. The normalized spacial score (nSPS) is 11.5. The Morgan fingerprint density at radius 3 is 2.59 bits per heavy atom. The van der Waals surface area contributed by atoms with Gasteiger partial charge in [0, 0.05) is 17.8 Å². The minimum absolute atomic E-state index is 0.0282. The number of nitrogens with one attached hydrogen (secondary N) is 1. The summed E-state index contributed by atoms with van der Waals surface area (Å²) in [4.78, 5) is 18.3. The van der Waals surface area contributed by atoms with E-state index in [0.717, 1.165) is 10.7 Å². The summed E-state index contributed by atoms with van der Waals surface area (Å²) in [6.45, 7) is 10.4. The third-order valence-electron chi connectivity index (χ3n) is 3.25. The number of rotatable bonds is 3. The molecule has 1 N–H and O–H groups in total. The van der Waals surface area contributed by atoms with Crippen LogP contribution in [0.2, 0.25) is 0 Å². The summed E-state index contributed by atoms with van der Waals surface area (Å²) in [5.41, 5.74) is 2.29. The first kappa shape index (κ1) is 16.5. The lowest BCUT2D eigenvalue weighted by atomic mass is 9.98.